The van der Waals surface area contributed by atoms with Crippen molar-refractivity contribution in [1.29, 1.82) is 0 Å². The molecule has 0 fully saturated rings. The highest BCUT2D eigenvalue weighted by Gasteiger charge is 2.96. The van der Waals surface area contributed by atoms with Crippen LogP contribution in [0.2, 0.25) is 0 Å². The molecule has 0 N–H and O–H groups in total. The van der Waals surface area contributed by atoms with E-state index in [1.807, 2.05) is 0 Å². The van der Waals surface area contributed by atoms with Crippen LogP contribution < -0.4 is 0 Å². The van der Waals surface area contributed by atoms with E-state index < -0.39 is 121 Å². The number of carbonyl (C=O) groups excluding carboxylic acids is 2. The van der Waals surface area contributed by atoms with Gasteiger partial charge < -0.3 is 9.47 Å². The van der Waals surface area contributed by atoms with Crippen LogP contribution in [0.1, 0.15) is 63.3 Å². The third-order valence-electron chi connectivity index (χ3n) is 9.98. The van der Waals surface area contributed by atoms with Gasteiger partial charge >= 0.3 is 65.6 Å². The summed E-state index contributed by atoms with van der Waals surface area (Å²) in [7, 11) is 0. The van der Waals surface area contributed by atoms with Gasteiger partial charge in [-0.05, 0) is 93.6 Å². The Balaban J connectivity index is 1.97. The number of ether oxygens (including phenoxy) is 2. The lowest BCUT2D eigenvalue weighted by atomic mass is 9.86. The van der Waals surface area contributed by atoms with Crippen LogP contribution in [0.4, 0.5) is 92.6 Å². The monoisotopic (exact) mass is 1050 g/mol. The summed E-state index contributed by atoms with van der Waals surface area (Å²) in [6, 6.07) is 16.3. The third-order valence-corrected chi connectivity index (χ3v) is 9.98. The Morgan fingerprint density at radius 1 is 0.592 bits per heavy atom. The van der Waals surface area contributed by atoms with E-state index in [1.165, 1.54) is 39.0 Å². The normalized spacial score (nSPS) is 14.3. The summed E-state index contributed by atoms with van der Waals surface area (Å²) in [4.78, 5) is 29.4. The van der Waals surface area contributed by atoms with Crippen LogP contribution in [0.5, 0.6) is 0 Å². The summed E-state index contributed by atoms with van der Waals surface area (Å²) >= 11 is 0. The van der Waals surface area contributed by atoms with Crippen molar-refractivity contribution in [2.45, 2.75) is 125 Å². The lowest BCUT2D eigenvalue weighted by molar-refractivity contribution is -0.468. The Bertz CT molecular complexity index is 2460. The summed E-state index contributed by atoms with van der Waals surface area (Å²) in [5.74, 6) is -63.5. The van der Waals surface area contributed by atoms with Crippen molar-refractivity contribution in [3.63, 3.8) is 0 Å². The number of hydrogen-bond donors (Lipinski definition) is 0. The van der Waals surface area contributed by atoms with E-state index in [0.717, 1.165) is 41.3 Å². The molecule has 3 aromatic rings. The maximum atomic E-state index is 14.7. The molecule has 392 valence electrons. The van der Waals surface area contributed by atoms with Crippen molar-refractivity contribution >= 4 is 12.1 Å². The quantitative estimate of drug-likeness (QED) is 0.0551. The highest BCUT2D eigenvalue weighted by Crippen LogP contribution is 2.65. The molecule has 0 aromatic heterocycles. The molecular weight excluding hydrogens is 1010 g/mol. The molecule has 25 heteroatoms. The number of alkyl halides is 19. The molecule has 0 saturated heterocycles. The zero-order chi connectivity index (χ0) is 54.7. The van der Waals surface area contributed by atoms with E-state index in [9.17, 15) is 97.4 Å². The first-order valence-corrected chi connectivity index (χ1v) is 20.1. The van der Waals surface area contributed by atoms with Crippen LogP contribution in [0.3, 0.4) is 0 Å². The average molecular weight is 1050 g/mol. The maximum Gasteiger partial charge on any atom is 0.460 e. The van der Waals surface area contributed by atoms with E-state index in [2.05, 4.69) is 17.6 Å². The summed E-state index contributed by atoms with van der Waals surface area (Å²) < 4.78 is 287. The van der Waals surface area contributed by atoms with Crippen LogP contribution in [0.15, 0.2) is 96.2 Å². The smallest absolute Gasteiger partial charge is 0.458 e. The maximum absolute atomic E-state index is 14.7. The molecule has 0 aliphatic rings. The van der Waals surface area contributed by atoms with Crippen LogP contribution in [-0.4, -0.2) is 88.2 Å². The van der Waals surface area contributed by atoms with Crippen molar-refractivity contribution in [2.75, 3.05) is 6.54 Å². The topological polar surface area (TPSA) is 55.8 Å². The number of benzene rings is 3. The second-order valence-corrected chi connectivity index (χ2v) is 16.9. The van der Waals surface area contributed by atoms with E-state index >= 15 is 0 Å². The Morgan fingerprint density at radius 3 is 1.51 bits per heavy atom. The molecule has 1 atom stereocenters. The zero-order valence-electron chi connectivity index (χ0n) is 37.3. The van der Waals surface area contributed by atoms with Gasteiger partial charge in [-0.2, -0.15) is 83.4 Å². The van der Waals surface area contributed by atoms with E-state index in [-0.39, 0.29) is 11.1 Å². The molecule has 0 heterocycles. The van der Waals surface area contributed by atoms with Crippen molar-refractivity contribution in [2.24, 2.45) is 0 Å². The lowest BCUT2D eigenvalue weighted by Crippen LogP contribution is -2.75. The van der Waals surface area contributed by atoms with Crippen molar-refractivity contribution in [3.8, 4) is 11.8 Å². The van der Waals surface area contributed by atoms with Gasteiger partial charge in [0.2, 0.25) is 0 Å². The third kappa shape index (κ3) is 12.1. The fraction of sp³-hybridized carbons (Fsp3) is 0.457. The Kier molecular flexibility index (Phi) is 17.3. The van der Waals surface area contributed by atoms with Gasteiger partial charge in [-0.25, -0.2) is 14.0 Å². The number of rotatable bonds is 18. The Labute approximate surface area is 391 Å². The molecule has 0 bridgehead atoms. The van der Waals surface area contributed by atoms with Crippen molar-refractivity contribution in [3.05, 3.63) is 124 Å². The predicted octanol–water partition coefficient (Wildman–Crippen LogP) is 13.8. The van der Waals surface area contributed by atoms with Gasteiger partial charge in [-0.3, -0.25) is 4.90 Å². The highest BCUT2D eigenvalue weighted by atomic mass is 19.4. The number of nitrogens with zero attached hydrogens (tertiary/aromatic N) is 1. The summed E-state index contributed by atoms with van der Waals surface area (Å²) in [5, 5.41) is 0. The number of carbonyl (C=O) groups is 2. The standard InChI is InChI=1S/C46H39F20NO4/c1-28(2)21-23-37(34(68)71-36(3,4)5,26-31-17-19-33(47)20-18-31)67(25-9-12-29-10-7-6-8-11-29)35(69)70-27-32-15-13-30(14-16-32)22-24-38(48,49)39(50,51)40(52,53)41(54,55)42(56,57)43(58,59)44(60,61)45(62,63)46(64,65)66/h6-8,10-11,13-20,23H,22,24-27H2,1-5H3. The predicted molar refractivity (Wildman–Crippen MR) is 212 cm³/mol. The molecule has 3 aromatic carbocycles. The van der Waals surface area contributed by atoms with Crippen molar-refractivity contribution in [1.82, 2.24) is 4.90 Å². The summed E-state index contributed by atoms with van der Waals surface area (Å²) in [5.41, 5.74) is 0.0564. The molecule has 0 aliphatic carbocycles. The minimum Gasteiger partial charge on any atom is -0.458 e. The molecule has 71 heavy (non-hydrogen) atoms. The van der Waals surface area contributed by atoms with Gasteiger partial charge in [-0.1, -0.05) is 66.4 Å². The molecule has 1 unspecified atom stereocenters. The van der Waals surface area contributed by atoms with Crippen LogP contribution >= 0.6 is 0 Å². The van der Waals surface area contributed by atoms with Crippen LogP contribution in [-0.2, 0) is 33.7 Å². The first kappa shape index (κ1) is 59.4. The SMILES string of the molecule is CC(C)=C=CC(Cc1ccc(F)cc1)(C(=O)OC(C)(C)C)N(CC#Cc1ccccc1)C(=O)OCc1ccc(CCC(F)(F)C(F)(F)C(F)(F)C(F)(F)C(F)(F)C(F)(F)C(F)(F)C(F)(F)C(F)(F)F)cc1. The second-order valence-electron chi connectivity index (χ2n) is 16.9. The second kappa shape index (κ2) is 20.7. The number of aryl methyl sites for hydroxylation is 1. The molecule has 0 saturated carbocycles. The molecule has 0 radical (unpaired) electrons. The number of amides is 1. The van der Waals surface area contributed by atoms with Gasteiger partial charge in [0.05, 0.1) is 6.54 Å². The highest BCUT2D eigenvalue weighted by molar-refractivity contribution is 5.89. The van der Waals surface area contributed by atoms with E-state index in [4.69, 9.17) is 9.47 Å². The minimum absolute atomic E-state index is 0.0852. The molecule has 0 spiro atoms. The number of halogens is 20. The first-order valence-electron chi connectivity index (χ1n) is 20.1. The molecule has 1 amide bonds. The van der Waals surface area contributed by atoms with Gasteiger partial charge in [0.15, 0.2) is 5.54 Å². The Morgan fingerprint density at radius 2 is 1.04 bits per heavy atom. The molecule has 0 aliphatic heterocycles. The minimum atomic E-state index is -9.02. The van der Waals surface area contributed by atoms with E-state index in [1.54, 1.807) is 44.2 Å². The summed E-state index contributed by atoms with van der Waals surface area (Å²) in [6.45, 7) is 6.36. The largest absolute Gasteiger partial charge is 0.460 e. The van der Waals surface area contributed by atoms with Gasteiger partial charge in [-0.15, -0.1) is 5.73 Å². The van der Waals surface area contributed by atoms with Gasteiger partial charge in [0.1, 0.15) is 18.0 Å². The fourth-order valence-corrected chi connectivity index (χ4v) is 6.00. The number of hydrogen-bond acceptors (Lipinski definition) is 4. The van der Waals surface area contributed by atoms with Gasteiger partial charge in [0.25, 0.3) is 0 Å². The summed E-state index contributed by atoms with van der Waals surface area (Å²) in [6.07, 6.45) is -12.8. The fourth-order valence-electron chi connectivity index (χ4n) is 6.00. The Hall–Kier alpha value is -5.92. The average Bonchev–Trinajstić information content (AvgIpc) is 3.25. The lowest BCUT2D eigenvalue weighted by Gasteiger charge is -2.43. The van der Waals surface area contributed by atoms with Crippen molar-refractivity contribution < 1.29 is 107 Å². The van der Waals surface area contributed by atoms with Crippen LogP contribution in [0, 0.1) is 17.7 Å². The zero-order valence-corrected chi connectivity index (χ0v) is 37.3. The van der Waals surface area contributed by atoms with E-state index in [0.29, 0.717) is 11.1 Å². The van der Waals surface area contributed by atoms with Crippen LogP contribution in [0.25, 0.3) is 0 Å². The molecule has 5 nitrogen and oxygen atoms in total. The molecular formula is C46H39F20NO4. The number of esters is 1. The first-order chi connectivity index (χ1) is 32.1. The molecule has 3 rings (SSSR count). The van der Waals surface area contributed by atoms with Gasteiger partial charge in [0, 0.05) is 18.4 Å².